The quantitative estimate of drug-likeness (QED) is 0.818. The minimum absolute atomic E-state index is 0.267. The molecule has 1 aromatic rings. The van der Waals surface area contributed by atoms with Gasteiger partial charge in [-0.25, -0.2) is 0 Å². The average molecular weight is 397 g/mol. The second-order valence-electron chi connectivity index (χ2n) is 10.0. The second-order valence-corrected chi connectivity index (χ2v) is 10.0. The number of nitrogens with one attached hydrogen (secondary N) is 1. The number of likely N-dealkylation sites (tertiary alicyclic amines) is 1. The van der Waals surface area contributed by atoms with Crippen LogP contribution in [-0.2, 0) is 14.9 Å². The number of amides is 1. The van der Waals surface area contributed by atoms with E-state index < -0.39 is 0 Å². The fourth-order valence-corrected chi connectivity index (χ4v) is 6.20. The third kappa shape index (κ3) is 4.11. The molecule has 2 aliphatic heterocycles. The number of hydrogen-bond acceptors (Lipinski definition) is 3. The molecule has 4 nitrogen and oxygen atoms in total. The van der Waals surface area contributed by atoms with Crippen LogP contribution in [0.5, 0.6) is 0 Å². The molecule has 4 heteroatoms. The summed E-state index contributed by atoms with van der Waals surface area (Å²) in [6, 6.07) is 9.45. The van der Waals surface area contributed by atoms with Crippen LogP contribution in [-0.4, -0.2) is 49.7 Å². The van der Waals surface area contributed by atoms with Gasteiger partial charge in [-0.2, -0.15) is 0 Å². The summed E-state index contributed by atoms with van der Waals surface area (Å²) in [5.74, 6) is 1.48. The van der Waals surface area contributed by atoms with Gasteiger partial charge in [0.15, 0.2) is 0 Å². The Kier molecular flexibility index (Phi) is 5.66. The number of nitrogens with zero attached hydrogens (tertiary/aromatic N) is 1. The Morgan fingerprint density at radius 1 is 1.10 bits per heavy atom. The normalized spacial score (nSPS) is 27.5. The van der Waals surface area contributed by atoms with Crippen LogP contribution in [0.25, 0.3) is 0 Å². The fourth-order valence-electron chi connectivity index (χ4n) is 6.20. The van der Waals surface area contributed by atoms with Gasteiger partial charge >= 0.3 is 0 Å². The van der Waals surface area contributed by atoms with Crippen LogP contribution in [0.3, 0.4) is 0 Å². The third-order valence-corrected chi connectivity index (χ3v) is 8.18. The molecule has 1 aromatic carbocycles. The Bertz CT molecular complexity index is 715. The number of rotatable bonds is 5. The summed E-state index contributed by atoms with van der Waals surface area (Å²) in [6.45, 7) is 5.54. The first kappa shape index (κ1) is 19.6. The van der Waals surface area contributed by atoms with Crippen molar-refractivity contribution in [3.05, 3.63) is 35.4 Å². The zero-order valence-electron chi connectivity index (χ0n) is 17.7. The van der Waals surface area contributed by atoms with Gasteiger partial charge < -0.3 is 15.0 Å². The van der Waals surface area contributed by atoms with Crippen LogP contribution in [0.2, 0.25) is 0 Å². The summed E-state index contributed by atoms with van der Waals surface area (Å²) < 4.78 is 5.53. The van der Waals surface area contributed by atoms with Gasteiger partial charge in [0.25, 0.3) is 0 Å². The summed E-state index contributed by atoms with van der Waals surface area (Å²) in [4.78, 5) is 15.3. The van der Waals surface area contributed by atoms with E-state index in [-0.39, 0.29) is 5.91 Å². The molecule has 0 aromatic heterocycles. The Balaban J connectivity index is 1.23. The molecule has 3 fully saturated rings. The summed E-state index contributed by atoms with van der Waals surface area (Å²) in [6.07, 6.45) is 10.4. The smallest absolute Gasteiger partial charge is 0.220 e. The highest BCUT2D eigenvalue weighted by molar-refractivity contribution is 5.77. The first-order chi connectivity index (χ1) is 14.2. The van der Waals surface area contributed by atoms with Crippen LogP contribution in [0, 0.1) is 5.92 Å². The van der Waals surface area contributed by atoms with Gasteiger partial charge in [-0.3, -0.25) is 4.79 Å². The molecule has 0 bridgehead atoms. The zero-order chi connectivity index (χ0) is 19.7. The SMILES string of the molecule is O=C(CC1CC2(CCN(CC3CCOCC3)CC2)c2ccccc21)NC1CCC1. The van der Waals surface area contributed by atoms with Crippen molar-refractivity contribution in [3.8, 4) is 0 Å². The van der Waals surface area contributed by atoms with Gasteiger partial charge in [0.05, 0.1) is 0 Å². The van der Waals surface area contributed by atoms with E-state index in [4.69, 9.17) is 4.74 Å². The molecule has 1 unspecified atom stereocenters. The molecule has 1 N–H and O–H groups in total. The van der Waals surface area contributed by atoms with Crippen LogP contribution < -0.4 is 5.32 Å². The van der Waals surface area contributed by atoms with Crippen LogP contribution in [0.4, 0.5) is 0 Å². The molecule has 5 rings (SSSR count). The Morgan fingerprint density at radius 3 is 2.59 bits per heavy atom. The molecule has 29 heavy (non-hydrogen) atoms. The standard InChI is InChI=1S/C25H36N2O2/c28-24(26-21-4-3-5-21)16-20-17-25(23-7-2-1-6-22(20)23)10-12-27(13-11-25)18-19-8-14-29-15-9-19/h1-2,6-7,19-21H,3-5,8-18H2,(H,26,28). The van der Waals surface area contributed by atoms with Crippen LogP contribution in [0.15, 0.2) is 24.3 Å². The number of ether oxygens (including phenoxy) is 1. The van der Waals surface area contributed by atoms with Crippen molar-refractivity contribution in [2.24, 2.45) is 5.92 Å². The molecule has 2 saturated heterocycles. The predicted octanol–water partition coefficient (Wildman–Crippen LogP) is 3.99. The highest BCUT2D eigenvalue weighted by Gasteiger charge is 2.45. The minimum Gasteiger partial charge on any atom is -0.381 e. The molecule has 158 valence electrons. The topological polar surface area (TPSA) is 41.6 Å². The molecule has 1 spiro atoms. The zero-order valence-corrected chi connectivity index (χ0v) is 17.7. The minimum atomic E-state index is 0.267. The highest BCUT2D eigenvalue weighted by atomic mass is 16.5. The Hall–Kier alpha value is -1.39. The predicted molar refractivity (Wildman–Crippen MR) is 115 cm³/mol. The largest absolute Gasteiger partial charge is 0.381 e. The lowest BCUT2D eigenvalue weighted by Gasteiger charge is -2.42. The van der Waals surface area contributed by atoms with Gasteiger partial charge in [0.2, 0.25) is 5.91 Å². The van der Waals surface area contributed by atoms with Crippen molar-refractivity contribution in [2.75, 3.05) is 32.8 Å². The molecule has 2 aliphatic carbocycles. The molecule has 1 saturated carbocycles. The Labute approximate surface area is 175 Å². The summed E-state index contributed by atoms with van der Waals surface area (Å²) in [5, 5.41) is 3.26. The van der Waals surface area contributed by atoms with E-state index in [1.807, 2.05) is 0 Å². The van der Waals surface area contributed by atoms with Crippen LogP contribution >= 0.6 is 0 Å². The Morgan fingerprint density at radius 2 is 1.86 bits per heavy atom. The number of benzene rings is 1. The van der Waals surface area contributed by atoms with Crippen molar-refractivity contribution in [1.82, 2.24) is 10.2 Å². The van der Waals surface area contributed by atoms with Gasteiger partial charge in [0.1, 0.15) is 0 Å². The molecule has 1 amide bonds. The van der Waals surface area contributed by atoms with Gasteiger partial charge in [0, 0.05) is 32.2 Å². The van der Waals surface area contributed by atoms with Crippen molar-refractivity contribution >= 4 is 5.91 Å². The van der Waals surface area contributed by atoms with Crippen LogP contribution in [0.1, 0.15) is 74.8 Å². The molecule has 2 heterocycles. The molecular weight excluding hydrogens is 360 g/mol. The van der Waals surface area contributed by atoms with Crippen molar-refractivity contribution in [2.45, 2.75) is 75.2 Å². The monoisotopic (exact) mass is 396 g/mol. The van der Waals surface area contributed by atoms with Gasteiger partial charge in [-0.1, -0.05) is 24.3 Å². The number of hydrogen-bond donors (Lipinski definition) is 1. The highest BCUT2D eigenvalue weighted by Crippen LogP contribution is 2.52. The number of carbonyl (C=O) groups is 1. The van der Waals surface area contributed by atoms with E-state index in [9.17, 15) is 4.79 Å². The maximum absolute atomic E-state index is 12.6. The maximum Gasteiger partial charge on any atom is 0.220 e. The van der Waals surface area contributed by atoms with Gasteiger partial charge in [-0.15, -0.1) is 0 Å². The van der Waals surface area contributed by atoms with E-state index in [0.717, 1.165) is 25.6 Å². The summed E-state index contributed by atoms with van der Waals surface area (Å²) in [7, 11) is 0. The summed E-state index contributed by atoms with van der Waals surface area (Å²) >= 11 is 0. The molecular formula is C25H36N2O2. The lowest BCUT2D eigenvalue weighted by atomic mass is 9.73. The number of piperidine rings is 1. The number of fused-ring (bicyclic) bond motifs is 2. The maximum atomic E-state index is 12.6. The van der Waals surface area contributed by atoms with E-state index in [0.29, 0.717) is 23.8 Å². The molecule has 1 atom stereocenters. The van der Waals surface area contributed by atoms with E-state index in [2.05, 4.69) is 34.5 Å². The lowest BCUT2D eigenvalue weighted by molar-refractivity contribution is -0.122. The lowest BCUT2D eigenvalue weighted by Crippen LogP contribution is -2.44. The summed E-state index contributed by atoms with van der Waals surface area (Å²) in [5.41, 5.74) is 3.30. The van der Waals surface area contributed by atoms with E-state index in [1.54, 1.807) is 5.56 Å². The van der Waals surface area contributed by atoms with Crippen molar-refractivity contribution < 1.29 is 9.53 Å². The molecule has 4 aliphatic rings. The average Bonchev–Trinajstić information content (AvgIpc) is 3.01. The first-order valence-electron chi connectivity index (χ1n) is 11.9. The second kappa shape index (κ2) is 8.39. The van der Waals surface area contributed by atoms with E-state index >= 15 is 0 Å². The number of carbonyl (C=O) groups excluding carboxylic acids is 1. The third-order valence-electron chi connectivity index (χ3n) is 8.18. The fraction of sp³-hybridized carbons (Fsp3) is 0.720. The van der Waals surface area contributed by atoms with Crippen molar-refractivity contribution in [1.29, 1.82) is 0 Å². The first-order valence-corrected chi connectivity index (χ1v) is 11.9. The molecule has 0 radical (unpaired) electrons. The van der Waals surface area contributed by atoms with E-state index in [1.165, 1.54) is 70.1 Å². The van der Waals surface area contributed by atoms with Gasteiger partial charge in [-0.05, 0) is 92.8 Å². The van der Waals surface area contributed by atoms with Crippen molar-refractivity contribution in [3.63, 3.8) is 0 Å².